The number of phenolic OH excluding ortho intramolecular Hbond substituents is 1. The van der Waals surface area contributed by atoms with E-state index in [1.54, 1.807) is 25.1 Å². The minimum atomic E-state index is -0.752. The highest BCUT2D eigenvalue weighted by atomic mass is 16.5. The zero-order valence-electron chi connectivity index (χ0n) is 13.2. The lowest BCUT2D eigenvalue weighted by atomic mass is 10.2. The van der Waals surface area contributed by atoms with Crippen LogP contribution in [0.4, 0.5) is 5.82 Å². The third-order valence-corrected chi connectivity index (χ3v) is 2.85. The van der Waals surface area contributed by atoms with Crippen LogP contribution < -0.4 is 26.7 Å². The van der Waals surface area contributed by atoms with E-state index in [0.29, 0.717) is 17.9 Å². The molecular weight excluding hydrogens is 332 g/mol. The van der Waals surface area contributed by atoms with Gasteiger partial charge in [0.05, 0.1) is 19.4 Å². The van der Waals surface area contributed by atoms with Crippen molar-refractivity contribution in [3.63, 3.8) is 0 Å². The Labute approximate surface area is 140 Å². The van der Waals surface area contributed by atoms with Gasteiger partial charge >= 0.3 is 5.69 Å². The van der Waals surface area contributed by atoms with Gasteiger partial charge in [-0.15, -0.1) is 5.10 Å². The molecule has 0 aliphatic heterocycles. The average Bonchev–Trinajstić information content (AvgIpc) is 2.57. The average molecular weight is 348 g/mol. The maximum atomic E-state index is 11.7. The van der Waals surface area contributed by atoms with Crippen molar-refractivity contribution in [3.8, 4) is 11.5 Å². The number of hydrogen-bond acceptors (Lipinski definition) is 8. The van der Waals surface area contributed by atoms with Crippen LogP contribution in [-0.2, 0) is 4.79 Å². The first-order chi connectivity index (χ1) is 12.0. The van der Waals surface area contributed by atoms with Crippen molar-refractivity contribution in [3.05, 3.63) is 44.6 Å². The van der Waals surface area contributed by atoms with Crippen molar-refractivity contribution in [1.82, 2.24) is 20.6 Å². The molecule has 0 aliphatic carbocycles. The molecule has 0 saturated heterocycles. The number of hydrogen-bond donors (Lipinski definition) is 5. The second kappa shape index (κ2) is 8.29. The maximum absolute atomic E-state index is 11.7. The van der Waals surface area contributed by atoms with E-state index in [0.717, 1.165) is 0 Å². The number of hydrazone groups is 1. The molecule has 11 heteroatoms. The van der Waals surface area contributed by atoms with E-state index in [9.17, 15) is 19.5 Å². The highest BCUT2D eigenvalue weighted by molar-refractivity contribution is 5.87. The van der Waals surface area contributed by atoms with Crippen molar-refractivity contribution in [2.24, 2.45) is 5.10 Å². The Kier molecular flexibility index (Phi) is 5.87. The van der Waals surface area contributed by atoms with E-state index >= 15 is 0 Å². The van der Waals surface area contributed by atoms with E-state index in [1.165, 1.54) is 6.21 Å². The largest absolute Gasteiger partial charge is 0.504 e. The number of amides is 1. The molecule has 1 aromatic heterocycles. The number of H-pyrrole nitrogens is 2. The van der Waals surface area contributed by atoms with Gasteiger partial charge in [-0.1, -0.05) is 6.07 Å². The molecule has 0 spiro atoms. The second-order valence-electron chi connectivity index (χ2n) is 4.63. The summed E-state index contributed by atoms with van der Waals surface area (Å²) in [4.78, 5) is 35.8. The van der Waals surface area contributed by atoms with Crippen molar-refractivity contribution >= 4 is 17.9 Å². The van der Waals surface area contributed by atoms with Gasteiger partial charge in [0.2, 0.25) is 5.82 Å². The van der Waals surface area contributed by atoms with Crippen LogP contribution in [0.25, 0.3) is 0 Å². The topological polar surface area (TPSA) is 162 Å². The van der Waals surface area contributed by atoms with Crippen LogP contribution >= 0.6 is 0 Å². The van der Waals surface area contributed by atoms with Crippen LogP contribution in [0.15, 0.2) is 32.9 Å². The quantitative estimate of drug-likeness (QED) is 0.321. The highest BCUT2D eigenvalue weighted by Gasteiger charge is 2.07. The van der Waals surface area contributed by atoms with Gasteiger partial charge in [-0.25, -0.2) is 15.3 Å². The third-order valence-electron chi connectivity index (χ3n) is 2.85. The van der Waals surface area contributed by atoms with Gasteiger partial charge < -0.3 is 15.2 Å². The molecule has 5 N–H and O–H groups in total. The van der Waals surface area contributed by atoms with Crippen LogP contribution in [0.2, 0.25) is 0 Å². The number of nitrogens with one attached hydrogen (secondary N) is 4. The molecule has 0 bridgehead atoms. The lowest BCUT2D eigenvalue weighted by molar-refractivity contribution is -0.119. The lowest BCUT2D eigenvalue weighted by Crippen LogP contribution is -2.31. The number of aromatic nitrogens is 3. The van der Waals surface area contributed by atoms with E-state index in [2.05, 4.69) is 20.9 Å². The van der Waals surface area contributed by atoms with E-state index in [-0.39, 0.29) is 18.1 Å². The maximum Gasteiger partial charge on any atom is 0.342 e. The molecular formula is C14H16N6O5. The van der Waals surface area contributed by atoms with Gasteiger partial charge in [-0.05, 0) is 19.1 Å². The Hall–Kier alpha value is -3.63. The van der Waals surface area contributed by atoms with E-state index in [1.807, 2.05) is 10.1 Å². The third kappa shape index (κ3) is 4.92. The zero-order valence-corrected chi connectivity index (χ0v) is 13.2. The van der Waals surface area contributed by atoms with Crippen molar-refractivity contribution in [2.45, 2.75) is 6.92 Å². The summed E-state index contributed by atoms with van der Waals surface area (Å²) >= 11 is 0. The number of phenols is 1. The smallest absolute Gasteiger partial charge is 0.342 e. The fourth-order valence-electron chi connectivity index (χ4n) is 1.76. The highest BCUT2D eigenvalue weighted by Crippen LogP contribution is 2.28. The fourth-order valence-corrected chi connectivity index (χ4v) is 1.76. The summed E-state index contributed by atoms with van der Waals surface area (Å²) in [6, 6.07) is 4.87. The lowest BCUT2D eigenvalue weighted by Gasteiger charge is -2.07. The Morgan fingerprint density at radius 3 is 2.96 bits per heavy atom. The molecule has 2 aromatic rings. The Morgan fingerprint density at radius 2 is 2.24 bits per heavy atom. The number of rotatable bonds is 7. The molecule has 1 amide bonds. The van der Waals surface area contributed by atoms with Crippen LogP contribution in [-0.4, -0.2) is 45.6 Å². The predicted molar refractivity (Wildman–Crippen MR) is 89.0 cm³/mol. The molecule has 0 fully saturated rings. The van der Waals surface area contributed by atoms with Crippen LogP contribution in [0, 0.1) is 0 Å². The molecule has 25 heavy (non-hydrogen) atoms. The molecule has 2 rings (SSSR count). The molecule has 0 atom stereocenters. The standard InChI is InChI=1S/C14H16N6O5/c1-2-25-9-5-3-4-8(11(9)22)6-16-18-10(21)7-15-12-13(23)17-14(24)20-19-12/h3-6,22H,2,7H2,1H3,(H,15,19)(H,18,21)(H2,17,20,23,24)/b16-6+. The second-order valence-corrected chi connectivity index (χ2v) is 4.63. The molecule has 1 heterocycles. The summed E-state index contributed by atoms with van der Waals surface area (Å²) in [5, 5.41) is 21.6. The number of aromatic hydroxyl groups is 1. The summed E-state index contributed by atoms with van der Waals surface area (Å²) in [7, 11) is 0. The predicted octanol–water partition coefficient (Wildman–Crippen LogP) is -0.875. The number of anilines is 1. The number of benzene rings is 1. The Balaban J connectivity index is 1.91. The summed E-state index contributed by atoms with van der Waals surface area (Å²) < 4.78 is 5.24. The van der Waals surface area contributed by atoms with Gasteiger partial charge in [0, 0.05) is 5.56 Å². The number of ether oxygens (including phenoxy) is 1. The molecule has 1 aromatic carbocycles. The monoisotopic (exact) mass is 348 g/mol. The number of carbonyl (C=O) groups excluding carboxylic acids is 1. The Bertz CT molecular complexity index is 888. The van der Waals surface area contributed by atoms with Crippen molar-refractivity contribution in [2.75, 3.05) is 18.5 Å². The molecule has 0 unspecified atom stereocenters. The normalized spacial score (nSPS) is 10.6. The van der Waals surface area contributed by atoms with Gasteiger partial charge in [0.25, 0.3) is 11.5 Å². The fraction of sp³-hybridized carbons (Fsp3) is 0.214. The first kappa shape index (κ1) is 17.7. The summed E-state index contributed by atoms with van der Waals surface area (Å²) in [6.07, 6.45) is 1.25. The summed E-state index contributed by atoms with van der Waals surface area (Å²) in [5.41, 5.74) is 1.07. The minimum Gasteiger partial charge on any atom is -0.504 e. The van der Waals surface area contributed by atoms with Crippen LogP contribution in [0.5, 0.6) is 11.5 Å². The summed E-state index contributed by atoms with van der Waals surface area (Å²) in [5.74, 6) is -0.558. The number of carbonyl (C=O) groups is 1. The first-order valence-corrected chi connectivity index (χ1v) is 7.20. The molecule has 11 nitrogen and oxygen atoms in total. The minimum absolute atomic E-state index is 0.0931. The van der Waals surface area contributed by atoms with Crippen molar-refractivity contribution in [1.29, 1.82) is 0 Å². The zero-order chi connectivity index (χ0) is 18.2. The Morgan fingerprint density at radius 1 is 1.44 bits per heavy atom. The van der Waals surface area contributed by atoms with Crippen LogP contribution in [0.3, 0.4) is 0 Å². The molecule has 132 valence electrons. The van der Waals surface area contributed by atoms with Crippen molar-refractivity contribution < 1.29 is 14.6 Å². The molecule has 0 aliphatic rings. The molecule has 0 radical (unpaired) electrons. The van der Waals surface area contributed by atoms with E-state index < -0.39 is 17.2 Å². The molecule has 0 saturated carbocycles. The van der Waals surface area contributed by atoms with Gasteiger partial charge in [0.1, 0.15) is 0 Å². The van der Waals surface area contributed by atoms with Gasteiger partial charge in [0.15, 0.2) is 11.5 Å². The number of aromatic amines is 2. The number of para-hydroxylation sites is 1. The van der Waals surface area contributed by atoms with Gasteiger partial charge in [-0.2, -0.15) is 5.10 Å². The summed E-state index contributed by atoms with van der Waals surface area (Å²) in [6.45, 7) is 1.88. The SMILES string of the molecule is CCOc1cccc(/C=N/NC(=O)CNc2n[nH]c(=O)[nH]c2=O)c1O. The van der Waals surface area contributed by atoms with Crippen LogP contribution in [0.1, 0.15) is 12.5 Å². The van der Waals surface area contributed by atoms with E-state index in [4.69, 9.17) is 4.74 Å². The van der Waals surface area contributed by atoms with Gasteiger partial charge in [-0.3, -0.25) is 14.6 Å². The number of nitrogens with zero attached hydrogens (tertiary/aromatic N) is 2. The first-order valence-electron chi connectivity index (χ1n) is 7.20.